The maximum absolute atomic E-state index is 12.7. The maximum Gasteiger partial charge on any atom is 0.318 e. The molecule has 3 atom stereocenters. The molecule has 0 radical (unpaired) electrons. The number of ether oxygens (including phenoxy) is 1. The minimum Gasteiger partial charge on any atom is -0.462 e. The summed E-state index contributed by atoms with van der Waals surface area (Å²) in [7, 11) is 2.14. The van der Waals surface area contributed by atoms with E-state index in [9.17, 15) is 9.59 Å². The second-order valence-electron chi connectivity index (χ2n) is 11.8. The van der Waals surface area contributed by atoms with Gasteiger partial charge < -0.3 is 25.2 Å². The number of carbonyl (C=O) groups excluding carboxylic acids is 2. The molecule has 2 amide bonds. The Bertz CT molecular complexity index is 1320. The van der Waals surface area contributed by atoms with Crippen molar-refractivity contribution in [3.63, 3.8) is 0 Å². The van der Waals surface area contributed by atoms with E-state index < -0.39 is 0 Å². The van der Waals surface area contributed by atoms with Crippen LogP contribution in [0.1, 0.15) is 60.5 Å². The van der Waals surface area contributed by atoms with Gasteiger partial charge >= 0.3 is 6.01 Å². The molecule has 10 heteroatoms. The third kappa shape index (κ3) is 5.67. The molecule has 1 aromatic carbocycles. The molecule has 1 aromatic heterocycles. The quantitative estimate of drug-likeness (QED) is 0.467. The summed E-state index contributed by atoms with van der Waals surface area (Å²) in [6, 6.07) is 9.74. The standard InChI is InChI=1S/C31H41N7O3/c1-3-29(40)38-16-15-36(17-22(38)11-13-28(32)39)30-25-18-37(27-12-10-21-7-4-5-9-24(21)27)19-26(25)33-31(34-30)41-20-23-8-6-14-35(23)2/h3-5,7,9,22-23,27H,1,6,8,10-20H2,2H3,(H2,32,39)/t22-,23-,27?/m0/s1. The number of fused-ring (bicyclic) bond motifs is 2. The number of nitrogens with two attached hydrogens (primary N) is 1. The number of likely N-dealkylation sites (N-methyl/N-ethyl adjacent to an activating group) is 1. The fourth-order valence-electron chi connectivity index (χ4n) is 7.07. The van der Waals surface area contributed by atoms with Crippen LogP contribution in [0.3, 0.4) is 0 Å². The zero-order valence-corrected chi connectivity index (χ0v) is 24.0. The van der Waals surface area contributed by atoms with Crippen LogP contribution in [-0.2, 0) is 29.1 Å². The van der Waals surface area contributed by atoms with Gasteiger partial charge in [-0.05, 0) is 62.9 Å². The first kappa shape index (κ1) is 27.7. The first-order valence-electron chi connectivity index (χ1n) is 14.9. The lowest BCUT2D eigenvalue weighted by molar-refractivity contribution is -0.129. The summed E-state index contributed by atoms with van der Waals surface area (Å²) in [5.74, 6) is 0.396. The molecule has 10 nitrogen and oxygen atoms in total. The van der Waals surface area contributed by atoms with Gasteiger partial charge in [-0.3, -0.25) is 14.5 Å². The number of hydrogen-bond donors (Lipinski definition) is 1. The van der Waals surface area contributed by atoms with Gasteiger partial charge in [-0.25, -0.2) is 0 Å². The molecule has 3 aliphatic heterocycles. The Kier molecular flexibility index (Phi) is 7.94. The molecule has 2 fully saturated rings. The molecule has 2 saturated heterocycles. The van der Waals surface area contributed by atoms with Gasteiger partial charge in [-0.2, -0.15) is 9.97 Å². The highest BCUT2D eigenvalue weighted by Gasteiger charge is 2.37. The summed E-state index contributed by atoms with van der Waals surface area (Å²) in [6.45, 7) is 8.58. The van der Waals surface area contributed by atoms with Crippen LogP contribution in [-0.4, -0.2) is 88.4 Å². The van der Waals surface area contributed by atoms with E-state index in [1.54, 1.807) is 0 Å². The third-order valence-corrected chi connectivity index (χ3v) is 9.35. The number of likely N-dealkylation sites (tertiary alicyclic amines) is 1. The van der Waals surface area contributed by atoms with Crippen molar-refractivity contribution in [3.05, 3.63) is 59.3 Å². The minimum atomic E-state index is -0.365. The summed E-state index contributed by atoms with van der Waals surface area (Å²) in [6.07, 6.45) is 6.56. The molecule has 2 aromatic rings. The molecule has 41 heavy (non-hydrogen) atoms. The monoisotopic (exact) mass is 559 g/mol. The lowest BCUT2D eigenvalue weighted by Gasteiger charge is -2.42. The number of primary amides is 1. The summed E-state index contributed by atoms with van der Waals surface area (Å²) in [5.41, 5.74) is 10.5. The molecule has 1 unspecified atom stereocenters. The Hall–Kier alpha value is -3.50. The van der Waals surface area contributed by atoms with Crippen LogP contribution in [0.2, 0.25) is 0 Å². The van der Waals surface area contributed by atoms with E-state index in [-0.39, 0.29) is 24.3 Å². The van der Waals surface area contributed by atoms with E-state index in [1.165, 1.54) is 23.6 Å². The van der Waals surface area contributed by atoms with Gasteiger partial charge in [0.15, 0.2) is 0 Å². The number of aromatic nitrogens is 2. The number of hydrogen-bond acceptors (Lipinski definition) is 8. The number of carbonyl (C=O) groups is 2. The second kappa shape index (κ2) is 11.8. The zero-order valence-electron chi connectivity index (χ0n) is 24.0. The molecule has 0 saturated carbocycles. The lowest BCUT2D eigenvalue weighted by atomic mass is 10.0. The maximum atomic E-state index is 12.7. The predicted octanol–water partition coefficient (Wildman–Crippen LogP) is 2.42. The van der Waals surface area contributed by atoms with Crippen LogP contribution >= 0.6 is 0 Å². The first-order chi connectivity index (χ1) is 19.9. The molecule has 4 aliphatic rings. The van der Waals surface area contributed by atoms with Crippen molar-refractivity contribution in [2.24, 2.45) is 5.73 Å². The first-order valence-corrected chi connectivity index (χ1v) is 14.9. The van der Waals surface area contributed by atoms with Gasteiger partial charge in [0.2, 0.25) is 11.8 Å². The van der Waals surface area contributed by atoms with Gasteiger partial charge in [-0.1, -0.05) is 30.8 Å². The van der Waals surface area contributed by atoms with Crippen LogP contribution < -0.4 is 15.4 Å². The molecule has 4 heterocycles. The SMILES string of the molecule is C=CC(=O)N1CCN(c2nc(OC[C@@H]3CCCN3C)nc3c2CN(C2CCc4ccccc42)C3)C[C@@H]1CCC(N)=O. The van der Waals surface area contributed by atoms with Gasteiger partial charge in [0, 0.05) is 56.8 Å². The van der Waals surface area contributed by atoms with Crippen molar-refractivity contribution in [1.82, 2.24) is 24.7 Å². The van der Waals surface area contributed by atoms with Crippen molar-refractivity contribution < 1.29 is 14.3 Å². The number of aryl methyl sites for hydroxylation is 1. The molecule has 218 valence electrons. The van der Waals surface area contributed by atoms with Crippen LogP contribution in [0.15, 0.2) is 36.9 Å². The Morgan fingerprint density at radius 2 is 1.98 bits per heavy atom. The molecule has 2 N–H and O–H groups in total. The highest BCUT2D eigenvalue weighted by atomic mass is 16.5. The normalized spacial score (nSPS) is 24.4. The number of anilines is 1. The topological polar surface area (TPSA) is 108 Å². The van der Waals surface area contributed by atoms with E-state index in [2.05, 4.69) is 52.6 Å². The number of amides is 2. The molecule has 0 spiro atoms. The largest absolute Gasteiger partial charge is 0.462 e. The summed E-state index contributed by atoms with van der Waals surface area (Å²) in [5, 5.41) is 0. The Morgan fingerprint density at radius 1 is 1.12 bits per heavy atom. The predicted molar refractivity (Wildman–Crippen MR) is 156 cm³/mol. The van der Waals surface area contributed by atoms with E-state index in [0.29, 0.717) is 50.8 Å². The average molecular weight is 560 g/mol. The zero-order chi connectivity index (χ0) is 28.5. The minimum absolute atomic E-state index is 0.122. The second-order valence-corrected chi connectivity index (χ2v) is 11.8. The smallest absolute Gasteiger partial charge is 0.318 e. The van der Waals surface area contributed by atoms with E-state index in [4.69, 9.17) is 20.4 Å². The van der Waals surface area contributed by atoms with Crippen molar-refractivity contribution in [2.75, 3.05) is 44.7 Å². The van der Waals surface area contributed by atoms with Crippen molar-refractivity contribution in [2.45, 2.75) is 69.7 Å². The summed E-state index contributed by atoms with van der Waals surface area (Å²) < 4.78 is 6.27. The van der Waals surface area contributed by atoms with Crippen molar-refractivity contribution in [1.29, 1.82) is 0 Å². The Balaban J connectivity index is 1.28. The van der Waals surface area contributed by atoms with Gasteiger partial charge in [0.25, 0.3) is 0 Å². The number of benzene rings is 1. The van der Waals surface area contributed by atoms with Crippen LogP contribution in [0.5, 0.6) is 6.01 Å². The fraction of sp³-hybridized carbons (Fsp3) is 0.548. The summed E-state index contributed by atoms with van der Waals surface area (Å²) in [4.78, 5) is 43.2. The van der Waals surface area contributed by atoms with E-state index in [1.807, 2.05) is 4.90 Å². The third-order valence-electron chi connectivity index (χ3n) is 9.35. The van der Waals surface area contributed by atoms with Crippen LogP contribution in [0, 0.1) is 0 Å². The van der Waals surface area contributed by atoms with Crippen LogP contribution in [0.4, 0.5) is 5.82 Å². The molecular formula is C31H41N7O3. The number of rotatable bonds is 9. The molecule has 0 bridgehead atoms. The summed E-state index contributed by atoms with van der Waals surface area (Å²) >= 11 is 0. The van der Waals surface area contributed by atoms with Crippen molar-refractivity contribution in [3.8, 4) is 6.01 Å². The molecule has 6 rings (SSSR count). The average Bonchev–Trinajstić information content (AvgIpc) is 3.71. The number of piperazine rings is 1. The molecule has 1 aliphatic carbocycles. The fourth-order valence-corrected chi connectivity index (χ4v) is 7.07. The van der Waals surface area contributed by atoms with E-state index >= 15 is 0 Å². The van der Waals surface area contributed by atoms with Gasteiger partial charge in [0.05, 0.1) is 11.7 Å². The lowest BCUT2D eigenvalue weighted by Crippen LogP contribution is -2.55. The number of nitrogens with zero attached hydrogens (tertiary/aromatic N) is 6. The highest BCUT2D eigenvalue weighted by molar-refractivity contribution is 5.87. The molecular weight excluding hydrogens is 518 g/mol. The van der Waals surface area contributed by atoms with Gasteiger partial charge in [-0.15, -0.1) is 0 Å². The van der Waals surface area contributed by atoms with E-state index in [0.717, 1.165) is 56.0 Å². The Labute approximate surface area is 242 Å². The highest BCUT2D eigenvalue weighted by Crippen LogP contribution is 2.42. The van der Waals surface area contributed by atoms with Crippen molar-refractivity contribution >= 4 is 17.6 Å². The van der Waals surface area contributed by atoms with Crippen LogP contribution in [0.25, 0.3) is 0 Å². The Morgan fingerprint density at radius 3 is 2.76 bits per heavy atom. The van der Waals surface area contributed by atoms with Gasteiger partial charge in [0.1, 0.15) is 12.4 Å².